The summed E-state index contributed by atoms with van der Waals surface area (Å²) < 4.78 is 1.87. The quantitative estimate of drug-likeness (QED) is 0.640. The number of hydrogen-bond donors (Lipinski definition) is 1. The van der Waals surface area contributed by atoms with Gasteiger partial charge in [0.05, 0.1) is 17.1 Å². The fourth-order valence-electron chi connectivity index (χ4n) is 2.93. The maximum absolute atomic E-state index is 9.31. The van der Waals surface area contributed by atoms with Crippen molar-refractivity contribution in [2.45, 2.75) is 33.6 Å². The second-order valence-electron chi connectivity index (χ2n) is 6.07. The van der Waals surface area contributed by atoms with Crippen molar-refractivity contribution in [2.24, 2.45) is 10.6 Å². The van der Waals surface area contributed by atoms with Crippen molar-refractivity contribution < 1.29 is 5.21 Å². The summed E-state index contributed by atoms with van der Waals surface area (Å²) in [5.41, 5.74) is 3.70. The molecule has 5 nitrogen and oxygen atoms in total. The molecule has 0 aromatic carbocycles. The van der Waals surface area contributed by atoms with Crippen LogP contribution in [0.2, 0.25) is 0 Å². The molecule has 0 atom stereocenters. The molecular weight excluding hydrogens is 252 g/mol. The van der Waals surface area contributed by atoms with E-state index in [9.17, 15) is 5.21 Å². The van der Waals surface area contributed by atoms with Crippen molar-refractivity contribution in [2.75, 3.05) is 0 Å². The van der Waals surface area contributed by atoms with E-state index >= 15 is 0 Å². The van der Waals surface area contributed by atoms with Crippen molar-refractivity contribution in [3.05, 3.63) is 41.3 Å². The van der Waals surface area contributed by atoms with Crippen LogP contribution in [0.5, 0.6) is 0 Å². The Bertz CT molecular complexity index is 671. The van der Waals surface area contributed by atoms with Crippen LogP contribution in [0.4, 0.5) is 0 Å². The summed E-state index contributed by atoms with van der Waals surface area (Å²) in [4.78, 5) is 4.37. The van der Waals surface area contributed by atoms with Crippen LogP contribution in [-0.2, 0) is 6.42 Å². The van der Waals surface area contributed by atoms with Crippen LogP contribution in [0.15, 0.2) is 29.6 Å². The molecule has 0 saturated carbocycles. The highest BCUT2D eigenvalue weighted by Gasteiger charge is 2.35. The van der Waals surface area contributed by atoms with Crippen molar-refractivity contribution in [1.29, 1.82) is 0 Å². The number of aromatic nitrogens is 3. The lowest BCUT2D eigenvalue weighted by atomic mass is 9.75. The first-order chi connectivity index (χ1) is 9.52. The summed E-state index contributed by atoms with van der Waals surface area (Å²) in [6, 6.07) is 5.77. The Labute approximate surface area is 118 Å². The number of hydrogen-bond acceptors (Lipinski definition) is 4. The smallest absolute Gasteiger partial charge is 0.153 e. The van der Waals surface area contributed by atoms with E-state index in [2.05, 4.69) is 29.1 Å². The minimum absolute atomic E-state index is 0.0492. The highest BCUT2D eigenvalue weighted by Crippen LogP contribution is 2.37. The summed E-state index contributed by atoms with van der Waals surface area (Å²) in [5, 5.41) is 17.4. The van der Waals surface area contributed by atoms with Gasteiger partial charge in [-0.3, -0.25) is 0 Å². The highest BCUT2D eigenvalue weighted by molar-refractivity contribution is 6.03. The Morgan fingerprint density at radius 2 is 2.10 bits per heavy atom. The highest BCUT2D eigenvalue weighted by atomic mass is 16.4. The van der Waals surface area contributed by atoms with Crippen LogP contribution >= 0.6 is 0 Å². The molecule has 0 bridgehead atoms. The van der Waals surface area contributed by atoms with Gasteiger partial charge in [0, 0.05) is 11.8 Å². The number of oxime groups is 1. The zero-order chi connectivity index (χ0) is 14.3. The lowest BCUT2D eigenvalue weighted by Crippen LogP contribution is -2.28. The molecule has 3 rings (SSSR count). The predicted octanol–water partition coefficient (Wildman–Crippen LogP) is 2.73. The lowest BCUT2D eigenvalue weighted by molar-refractivity contribution is 0.305. The van der Waals surface area contributed by atoms with Crippen LogP contribution in [0.3, 0.4) is 0 Å². The van der Waals surface area contributed by atoms with E-state index in [0.29, 0.717) is 0 Å². The Balaban J connectivity index is 2.22. The summed E-state index contributed by atoms with van der Waals surface area (Å²) in [7, 11) is 0. The Morgan fingerprint density at radius 1 is 1.30 bits per heavy atom. The minimum atomic E-state index is 0.0492. The first-order valence-electron chi connectivity index (χ1n) is 6.73. The molecule has 0 unspecified atom stereocenters. The molecule has 0 aliphatic heterocycles. The number of rotatable bonds is 1. The average Bonchev–Trinajstić information content (AvgIpc) is 2.74. The van der Waals surface area contributed by atoms with E-state index in [-0.39, 0.29) is 5.41 Å². The van der Waals surface area contributed by atoms with Gasteiger partial charge in [-0.25, -0.2) is 9.67 Å². The summed E-state index contributed by atoms with van der Waals surface area (Å²) in [6.07, 6.45) is 3.40. The fourth-order valence-corrected chi connectivity index (χ4v) is 2.93. The molecule has 0 saturated heterocycles. The van der Waals surface area contributed by atoms with E-state index in [1.807, 2.05) is 29.8 Å². The SMILES string of the molecule is Cc1nn(-c2ccccn2)c2c1/C(=N\O)CC(C)(C)C2. The predicted molar refractivity (Wildman–Crippen MR) is 76.5 cm³/mol. The molecule has 1 N–H and O–H groups in total. The standard InChI is InChI=1S/C15H18N4O/c1-10-14-11(18-20)8-15(2,3)9-12(14)19(17-10)13-6-4-5-7-16-13/h4-7,20H,8-9H2,1-3H3/b18-11-. The number of fused-ring (bicyclic) bond motifs is 1. The van der Waals surface area contributed by atoms with Crippen molar-refractivity contribution in [1.82, 2.24) is 14.8 Å². The summed E-state index contributed by atoms with van der Waals surface area (Å²) in [6.45, 7) is 6.29. The van der Waals surface area contributed by atoms with Crippen LogP contribution in [-0.4, -0.2) is 25.7 Å². The van der Waals surface area contributed by atoms with Crippen molar-refractivity contribution >= 4 is 5.71 Å². The molecule has 0 spiro atoms. The molecule has 2 aromatic rings. The Kier molecular flexibility index (Phi) is 2.85. The molecule has 104 valence electrons. The molecule has 2 heterocycles. The minimum Gasteiger partial charge on any atom is -0.411 e. The van der Waals surface area contributed by atoms with Gasteiger partial charge in [-0.15, -0.1) is 0 Å². The van der Waals surface area contributed by atoms with Gasteiger partial charge in [-0.05, 0) is 37.3 Å². The van der Waals surface area contributed by atoms with Gasteiger partial charge in [0.2, 0.25) is 0 Å². The molecule has 1 aliphatic rings. The molecule has 1 aliphatic carbocycles. The van der Waals surface area contributed by atoms with Gasteiger partial charge < -0.3 is 5.21 Å². The first kappa shape index (κ1) is 12.8. The normalized spacial score (nSPS) is 19.1. The second-order valence-corrected chi connectivity index (χ2v) is 6.07. The van der Waals surface area contributed by atoms with Crippen LogP contribution in [0.1, 0.15) is 37.2 Å². The van der Waals surface area contributed by atoms with E-state index < -0.39 is 0 Å². The maximum atomic E-state index is 9.31. The van der Waals surface area contributed by atoms with E-state index in [4.69, 9.17) is 0 Å². The third kappa shape index (κ3) is 1.99. The zero-order valence-electron chi connectivity index (χ0n) is 12.0. The maximum Gasteiger partial charge on any atom is 0.153 e. The first-order valence-corrected chi connectivity index (χ1v) is 6.73. The van der Waals surface area contributed by atoms with Crippen LogP contribution in [0.25, 0.3) is 5.82 Å². The van der Waals surface area contributed by atoms with E-state index in [0.717, 1.165) is 41.3 Å². The van der Waals surface area contributed by atoms with Gasteiger partial charge in [-0.2, -0.15) is 5.10 Å². The van der Waals surface area contributed by atoms with Gasteiger partial charge in [-0.1, -0.05) is 25.1 Å². The van der Waals surface area contributed by atoms with E-state index in [1.165, 1.54) is 0 Å². The number of aryl methyl sites for hydroxylation is 1. The lowest BCUT2D eigenvalue weighted by Gasteiger charge is -2.30. The van der Waals surface area contributed by atoms with Gasteiger partial charge in [0.25, 0.3) is 0 Å². The van der Waals surface area contributed by atoms with Gasteiger partial charge in [0.1, 0.15) is 0 Å². The molecule has 0 amide bonds. The summed E-state index contributed by atoms with van der Waals surface area (Å²) >= 11 is 0. The number of pyridine rings is 1. The zero-order valence-corrected chi connectivity index (χ0v) is 12.0. The molecule has 5 heteroatoms. The van der Waals surface area contributed by atoms with Crippen LogP contribution in [0, 0.1) is 12.3 Å². The third-order valence-electron chi connectivity index (χ3n) is 3.72. The number of nitrogens with zero attached hydrogens (tertiary/aromatic N) is 4. The molecule has 20 heavy (non-hydrogen) atoms. The topological polar surface area (TPSA) is 63.3 Å². The fraction of sp³-hybridized carbons (Fsp3) is 0.400. The molecule has 0 fully saturated rings. The third-order valence-corrected chi connectivity index (χ3v) is 3.72. The largest absolute Gasteiger partial charge is 0.411 e. The van der Waals surface area contributed by atoms with Crippen molar-refractivity contribution in [3.63, 3.8) is 0 Å². The summed E-state index contributed by atoms with van der Waals surface area (Å²) in [5.74, 6) is 0.798. The molecule has 0 radical (unpaired) electrons. The molecular formula is C15H18N4O. The average molecular weight is 270 g/mol. The van der Waals surface area contributed by atoms with Crippen LogP contribution < -0.4 is 0 Å². The second kappa shape index (κ2) is 4.44. The molecule has 2 aromatic heterocycles. The Hall–Kier alpha value is -2.17. The van der Waals surface area contributed by atoms with Gasteiger partial charge in [0.15, 0.2) is 5.82 Å². The monoisotopic (exact) mass is 270 g/mol. The van der Waals surface area contributed by atoms with Gasteiger partial charge >= 0.3 is 0 Å². The van der Waals surface area contributed by atoms with E-state index in [1.54, 1.807) is 6.20 Å². The van der Waals surface area contributed by atoms with Crippen molar-refractivity contribution in [3.8, 4) is 5.82 Å². The Morgan fingerprint density at radius 3 is 2.75 bits per heavy atom.